The smallest absolute Gasteiger partial charge is 0.258 e. The minimum Gasteiger partial charge on any atom is -0.505 e. The number of nitrogen functional groups attached to an aromatic ring is 1. The summed E-state index contributed by atoms with van der Waals surface area (Å²) >= 11 is 0. The van der Waals surface area contributed by atoms with Crippen molar-refractivity contribution in [2.45, 2.75) is 18.9 Å². The second-order valence-electron chi connectivity index (χ2n) is 5.50. The molecule has 2 rings (SSSR count). The molecule has 1 saturated heterocycles. The molecule has 0 unspecified atom stereocenters. The number of amides is 1. The van der Waals surface area contributed by atoms with Crippen LogP contribution in [0, 0.1) is 0 Å². The van der Waals surface area contributed by atoms with Gasteiger partial charge in [-0.1, -0.05) is 6.07 Å². The fourth-order valence-electron chi connectivity index (χ4n) is 2.75. The number of rotatable bonds is 4. The van der Waals surface area contributed by atoms with Crippen LogP contribution < -0.4 is 5.73 Å². The largest absolute Gasteiger partial charge is 0.505 e. The Morgan fingerprint density at radius 3 is 2.71 bits per heavy atom. The highest BCUT2D eigenvalue weighted by molar-refractivity contribution is 5.98. The Morgan fingerprint density at radius 1 is 1.43 bits per heavy atom. The first kappa shape index (κ1) is 15.6. The number of benzene rings is 1. The van der Waals surface area contributed by atoms with Crippen LogP contribution in [-0.2, 0) is 0 Å². The molecule has 1 aromatic rings. The number of para-hydroxylation sites is 1. The van der Waals surface area contributed by atoms with Crippen LogP contribution in [0.4, 0.5) is 5.69 Å². The Bertz CT molecular complexity index is 499. The van der Waals surface area contributed by atoms with Crippen molar-refractivity contribution in [1.29, 1.82) is 0 Å². The standard InChI is InChI=1S/C15H23N3O3/c1-17-7-5-11(6-8-17)18(9-10-19)15(21)12-3-2-4-13(16)14(12)20/h2-4,11,19-20H,5-10,16H2,1H3. The molecule has 1 amide bonds. The molecule has 0 radical (unpaired) electrons. The maximum atomic E-state index is 12.7. The van der Waals surface area contributed by atoms with E-state index >= 15 is 0 Å². The number of aliphatic hydroxyl groups excluding tert-OH is 1. The number of nitrogens with zero attached hydrogens (tertiary/aromatic N) is 2. The van der Waals surface area contributed by atoms with Gasteiger partial charge in [0.15, 0.2) is 5.75 Å². The van der Waals surface area contributed by atoms with E-state index in [1.54, 1.807) is 23.1 Å². The molecule has 1 aliphatic rings. The summed E-state index contributed by atoms with van der Waals surface area (Å²) < 4.78 is 0. The van der Waals surface area contributed by atoms with Crippen molar-refractivity contribution in [2.24, 2.45) is 0 Å². The molecule has 6 heteroatoms. The number of carbonyl (C=O) groups is 1. The van der Waals surface area contributed by atoms with E-state index in [1.807, 2.05) is 0 Å². The molecular weight excluding hydrogens is 270 g/mol. The summed E-state index contributed by atoms with van der Waals surface area (Å²) in [4.78, 5) is 16.5. The van der Waals surface area contributed by atoms with Crippen molar-refractivity contribution in [1.82, 2.24) is 9.80 Å². The minimum absolute atomic E-state index is 0.0849. The number of aromatic hydroxyl groups is 1. The van der Waals surface area contributed by atoms with Crippen LogP contribution in [0.25, 0.3) is 0 Å². The summed E-state index contributed by atoms with van der Waals surface area (Å²) in [5.41, 5.74) is 6.04. The Kier molecular flexibility index (Phi) is 5.03. The topological polar surface area (TPSA) is 90.0 Å². The van der Waals surface area contributed by atoms with E-state index in [2.05, 4.69) is 11.9 Å². The molecule has 4 N–H and O–H groups in total. The average molecular weight is 293 g/mol. The number of carbonyl (C=O) groups excluding carboxylic acids is 1. The summed E-state index contributed by atoms with van der Waals surface area (Å²) in [5, 5.41) is 19.2. The highest BCUT2D eigenvalue weighted by Gasteiger charge is 2.28. The van der Waals surface area contributed by atoms with E-state index < -0.39 is 0 Å². The average Bonchev–Trinajstić information content (AvgIpc) is 2.48. The third kappa shape index (κ3) is 3.46. The molecule has 6 nitrogen and oxygen atoms in total. The van der Waals surface area contributed by atoms with E-state index in [9.17, 15) is 15.0 Å². The predicted octanol–water partition coefficient (Wildman–Crippen LogP) is 0.503. The highest BCUT2D eigenvalue weighted by atomic mass is 16.3. The summed E-state index contributed by atoms with van der Waals surface area (Å²) in [6.07, 6.45) is 1.73. The number of aliphatic hydroxyl groups is 1. The van der Waals surface area contributed by atoms with Gasteiger partial charge in [0.1, 0.15) is 0 Å². The van der Waals surface area contributed by atoms with Gasteiger partial charge in [-0.25, -0.2) is 0 Å². The minimum atomic E-state index is -0.275. The molecule has 21 heavy (non-hydrogen) atoms. The van der Waals surface area contributed by atoms with Crippen LogP contribution in [0.15, 0.2) is 18.2 Å². The number of anilines is 1. The van der Waals surface area contributed by atoms with Crippen LogP contribution in [0.1, 0.15) is 23.2 Å². The van der Waals surface area contributed by atoms with Gasteiger partial charge in [0.25, 0.3) is 5.91 Å². The second-order valence-corrected chi connectivity index (χ2v) is 5.50. The number of phenols is 1. The van der Waals surface area contributed by atoms with E-state index in [0.717, 1.165) is 25.9 Å². The number of piperidine rings is 1. The third-order valence-corrected chi connectivity index (χ3v) is 4.03. The maximum absolute atomic E-state index is 12.7. The first-order valence-electron chi connectivity index (χ1n) is 7.22. The van der Waals surface area contributed by atoms with Crippen molar-refractivity contribution >= 4 is 11.6 Å². The molecule has 1 aliphatic heterocycles. The van der Waals surface area contributed by atoms with Crippen molar-refractivity contribution in [3.63, 3.8) is 0 Å². The molecular formula is C15H23N3O3. The predicted molar refractivity (Wildman–Crippen MR) is 81.2 cm³/mol. The molecule has 116 valence electrons. The molecule has 1 aromatic carbocycles. The lowest BCUT2D eigenvalue weighted by Crippen LogP contribution is -2.47. The van der Waals surface area contributed by atoms with Gasteiger partial charge >= 0.3 is 0 Å². The fraction of sp³-hybridized carbons (Fsp3) is 0.533. The SMILES string of the molecule is CN1CCC(N(CCO)C(=O)c2cccc(N)c2O)CC1. The number of nitrogens with two attached hydrogens (primary N) is 1. The second kappa shape index (κ2) is 6.78. The first-order chi connectivity index (χ1) is 10.0. The van der Waals surface area contributed by atoms with Crippen LogP contribution in [0.5, 0.6) is 5.75 Å². The van der Waals surface area contributed by atoms with E-state index in [1.165, 1.54) is 0 Å². The van der Waals surface area contributed by atoms with Gasteiger partial charge in [-0.3, -0.25) is 4.79 Å². The summed E-state index contributed by atoms with van der Waals surface area (Å²) in [6.45, 7) is 2.01. The van der Waals surface area contributed by atoms with Crippen LogP contribution in [-0.4, -0.2) is 65.3 Å². The Morgan fingerprint density at radius 2 is 2.10 bits per heavy atom. The van der Waals surface area contributed by atoms with Gasteiger partial charge in [0.05, 0.1) is 17.9 Å². The first-order valence-corrected chi connectivity index (χ1v) is 7.22. The monoisotopic (exact) mass is 293 g/mol. The zero-order valence-electron chi connectivity index (χ0n) is 12.3. The van der Waals surface area contributed by atoms with Crippen molar-refractivity contribution in [2.75, 3.05) is 39.0 Å². The van der Waals surface area contributed by atoms with Crippen LogP contribution in [0.3, 0.4) is 0 Å². The zero-order valence-corrected chi connectivity index (χ0v) is 12.3. The van der Waals surface area contributed by atoms with Gasteiger partial charge in [0.2, 0.25) is 0 Å². The Labute approximate surface area is 124 Å². The van der Waals surface area contributed by atoms with Crippen LogP contribution in [0.2, 0.25) is 0 Å². The summed E-state index contributed by atoms with van der Waals surface area (Å²) in [7, 11) is 2.05. The molecule has 0 saturated carbocycles. The van der Waals surface area contributed by atoms with Gasteiger partial charge < -0.3 is 25.7 Å². The number of hydrogen-bond acceptors (Lipinski definition) is 5. The highest BCUT2D eigenvalue weighted by Crippen LogP contribution is 2.27. The molecule has 0 atom stereocenters. The Hall–Kier alpha value is -1.79. The summed E-state index contributed by atoms with van der Waals surface area (Å²) in [5.74, 6) is -0.457. The van der Waals surface area contributed by atoms with Gasteiger partial charge in [-0.05, 0) is 45.1 Å². The molecule has 0 aliphatic carbocycles. The molecule has 0 spiro atoms. The van der Waals surface area contributed by atoms with Crippen molar-refractivity contribution in [3.05, 3.63) is 23.8 Å². The lowest BCUT2D eigenvalue weighted by Gasteiger charge is -2.37. The fourth-order valence-corrected chi connectivity index (χ4v) is 2.75. The normalized spacial score (nSPS) is 16.9. The number of phenolic OH excluding ortho intramolecular Hbond substituents is 1. The van der Waals surface area contributed by atoms with Gasteiger partial charge in [-0.15, -0.1) is 0 Å². The quantitative estimate of drug-likeness (QED) is 0.556. The van der Waals surface area contributed by atoms with E-state index in [4.69, 9.17) is 5.73 Å². The van der Waals surface area contributed by atoms with E-state index in [0.29, 0.717) is 0 Å². The lowest BCUT2D eigenvalue weighted by molar-refractivity contribution is 0.0537. The molecule has 1 heterocycles. The van der Waals surface area contributed by atoms with Crippen molar-refractivity contribution < 1.29 is 15.0 Å². The maximum Gasteiger partial charge on any atom is 0.258 e. The number of likely N-dealkylation sites (tertiary alicyclic amines) is 1. The zero-order chi connectivity index (χ0) is 15.4. The number of hydrogen-bond donors (Lipinski definition) is 3. The van der Waals surface area contributed by atoms with Crippen LogP contribution >= 0.6 is 0 Å². The van der Waals surface area contributed by atoms with Gasteiger partial charge in [-0.2, -0.15) is 0 Å². The van der Waals surface area contributed by atoms with Gasteiger partial charge in [0, 0.05) is 12.6 Å². The van der Waals surface area contributed by atoms with E-state index in [-0.39, 0.29) is 42.1 Å². The van der Waals surface area contributed by atoms with Crippen molar-refractivity contribution in [3.8, 4) is 5.75 Å². The third-order valence-electron chi connectivity index (χ3n) is 4.03. The molecule has 1 fully saturated rings. The lowest BCUT2D eigenvalue weighted by atomic mass is 10.0. The molecule has 0 aromatic heterocycles. The summed E-state index contributed by atoms with van der Waals surface area (Å²) in [6, 6.07) is 4.85. The Balaban J connectivity index is 2.21. The molecule has 0 bridgehead atoms.